The molecule has 3 aromatic carbocycles. The first kappa shape index (κ1) is 21.2. The topological polar surface area (TPSA) is 35.5 Å². The normalized spacial score (nSPS) is 11.1. The molecule has 3 aromatic rings. The van der Waals surface area contributed by atoms with Gasteiger partial charge in [-0.25, -0.2) is 0 Å². The van der Waals surface area contributed by atoms with Crippen LogP contribution < -0.4 is 4.74 Å². The lowest BCUT2D eigenvalue weighted by atomic mass is 10.0. The quantitative estimate of drug-likeness (QED) is 0.188. The molecule has 0 aliphatic carbocycles. The Kier molecular flexibility index (Phi) is 8.36. The van der Waals surface area contributed by atoms with Crippen LogP contribution in [0.15, 0.2) is 54.6 Å². The van der Waals surface area contributed by atoms with Gasteiger partial charge in [-0.1, -0.05) is 68.5 Å². The lowest BCUT2D eigenvalue weighted by Crippen LogP contribution is -2.03. The third-order valence-electron chi connectivity index (χ3n) is 5.29. The first-order valence-electron chi connectivity index (χ1n) is 11.0. The number of hydrogen-bond donors (Lipinski definition) is 0. The number of benzene rings is 3. The zero-order valence-corrected chi connectivity index (χ0v) is 17.5. The van der Waals surface area contributed by atoms with Gasteiger partial charge < -0.3 is 9.47 Å². The number of hydrogen-bond acceptors (Lipinski definition) is 3. The molecule has 0 amide bonds. The molecule has 0 aliphatic heterocycles. The molecule has 3 nitrogen and oxygen atoms in total. The predicted octanol–water partition coefficient (Wildman–Crippen LogP) is 7.06. The molecule has 0 fully saturated rings. The second-order valence-corrected chi connectivity index (χ2v) is 7.55. The van der Waals surface area contributed by atoms with E-state index in [1.54, 1.807) is 0 Å². The van der Waals surface area contributed by atoms with Crippen molar-refractivity contribution in [3.8, 4) is 5.75 Å². The summed E-state index contributed by atoms with van der Waals surface area (Å²) < 4.78 is 11.1. The Labute approximate surface area is 174 Å². The van der Waals surface area contributed by atoms with Crippen LogP contribution >= 0.6 is 0 Å². The Bertz CT molecular complexity index is 916. The maximum absolute atomic E-state index is 11.3. The van der Waals surface area contributed by atoms with Crippen LogP contribution in [0.1, 0.15) is 58.3 Å². The third kappa shape index (κ3) is 6.49. The molecule has 3 heteroatoms. The van der Waals surface area contributed by atoms with E-state index in [9.17, 15) is 4.79 Å². The molecular weight excluding hydrogens is 360 g/mol. The molecule has 29 heavy (non-hydrogen) atoms. The summed E-state index contributed by atoms with van der Waals surface area (Å²) in [7, 11) is 0. The first-order chi connectivity index (χ1) is 14.3. The Morgan fingerprint density at radius 3 is 2.17 bits per heavy atom. The van der Waals surface area contributed by atoms with Crippen LogP contribution in [0.25, 0.3) is 21.5 Å². The average Bonchev–Trinajstić information content (AvgIpc) is 2.74. The number of carbonyl (C=O) groups excluding carboxylic acids is 1. The molecule has 0 radical (unpaired) electrons. The summed E-state index contributed by atoms with van der Waals surface area (Å²) in [4.78, 5) is 11.3. The number of fused-ring (bicyclic) bond motifs is 2. The van der Waals surface area contributed by atoms with E-state index in [-0.39, 0.29) is 5.97 Å². The van der Waals surface area contributed by atoms with Crippen LogP contribution in [-0.2, 0) is 9.53 Å². The summed E-state index contributed by atoms with van der Waals surface area (Å²) >= 11 is 0. The zero-order chi connectivity index (χ0) is 20.3. The van der Waals surface area contributed by atoms with Gasteiger partial charge in [0, 0.05) is 11.8 Å². The lowest BCUT2D eigenvalue weighted by molar-refractivity contribution is -0.143. The molecule has 0 saturated heterocycles. The molecule has 0 unspecified atom stereocenters. The van der Waals surface area contributed by atoms with Gasteiger partial charge in [0.15, 0.2) is 0 Å². The summed E-state index contributed by atoms with van der Waals surface area (Å²) in [6, 6.07) is 19.2. The molecule has 0 aliphatic rings. The fourth-order valence-electron chi connectivity index (χ4n) is 3.73. The van der Waals surface area contributed by atoms with Crippen LogP contribution in [0, 0.1) is 0 Å². The minimum absolute atomic E-state index is 0.0638. The van der Waals surface area contributed by atoms with Crippen LogP contribution in [-0.4, -0.2) is 19.2 Å². The average molecular weight is 393 g/mol. The SMILES string of the molecule is CCOC(=O)CCCCCCCCCOc1cccc2cc3ccccc3cc12. The number of esters is 1. The molecule has 0 aromatic heterocycles. The van der Waals surface area contributed by atoms with Crippen LogP contribution in [0.5, 0.6) is 5.75 Å². The van der Waals surface area contributed by atoms with E-state index >= 15 is 0 Å². The molecular formula is C26H32O3. The van der Waals surface area contributed by atoms with Crippen molar-refractivity contribution in [2.45, 2.75) is 58.3 Å². The van der Waals surface area contributed by atoms with Gasteiger partial charge in [-0.2, -0.15) is 0 Å². The molecule has 0 saturated carbocycles. The summed E-state index contributed by atoms with van der Waals surface area (Å²) in [5.74, 6) is 0.915. The highest BCUT2D eigenvalue weighted by Gasteiger charge is 2.04. The second-order valence-electron chi connectivity index (χ2n) is 7.55. The van der Waals surface area contributed by atoms with Crippen molar-refractivity contribution in [3.05, 3.63) is 54.6 Å². The molecule has 0 heterocycles. The Balaban J connectivity index is 1.35. The highest BCUT2D eigenvalue weighted by molar-refractivity contribution is 6.00. The fraction of sp³-hybridized carbons (Fsp3) is 0.423. The van der Waals surface area contributed by atoms with Crippen molar-refractivity contribution in [2.24, 2.45) is 0 Å². The van der Waals surface area contributed by atoms with Gasteiger partial charge in [0.25, 0.3) is 0 Å². The standard InChI is InChI=1S/C26H32O3/c1-2-28-26(27)17-8-6-4-3-5-7-11-18-29-25-16-12-15-23-19-21-13-9-10-14-22(21)20-24(23)25/h9-10,12-16,19-20H,2-8,11,17-18H2,1H3. The first-order valence-corrected chi connectivity index (χ1v) is 11.0. The summed E-state index contributed by atoms with van der Waals surface area (Å²) in [5, 5.41) is 4.93. The summed E-state index contributed by atoms with van der Waals surface area (Å²) in [5.41, 5.74) is 0. The third-order valence-corrected chi connectivity index (χ3v) is 5.29. The molecule has 0 N–H and O–H groups in total. The number of carbonyl (C=O) groups is 1. The highest BCUT2D eigenvalue weighted by Crippen LogP contribution is 2.30. The minimum Gasteiger partial charge on any atom is -0.493 e. The molecule has 154 valence electrons. The van der Waals surface area contributed by atoms with Crippen LogP contribution in [0.4, 0.5) is 0 Å². The van der Waals surface area contributed by atoms with Gasteiger partial charge in [-0.05, 0) is 54.1 Å². The van der Waals surface area contributed by atoms with Crippen molar-refractivity contribution in [2.75, 3.05) is 13.2 Å². The van der Waals surface area contributed by atoms with E-state index < -0.39 is 0 Å². The molecule has 0 spiro atoms. The predicted molar refractivity (Wildman–Crippen MR) is 121 cm³/mol. The second kappa shape index (κ2) is 11.5. The van der Waals surface area contributed by atoms with E-state index in [0.29, 0.717) is 13.0 Å². The van der Waals surface area contributed by atoms with E-state index in [1.807, 2.05) is 6.92 Å². The van der Waals surface area contributed by atoms with Crippen molar-refractivity contribution in [1.29, 1.82) is 0 Å². The van der Waals surface area contributed by atoms with Gasteiger partial charge in [-0.15, -0.1) is 0 Å². The van der Waals surface area contributed by atoms with Gasteiger partial charge >= 0.3 is 5.97 Å². The van der Waals surface area contributed by atoms with Crippen molar-refractivity contribution < 1.29 is 14.3 Å². The number of unbranched alkanes of at least 4 members (excludes halogenated alkanes) is 6. The van der Waals surface area contributed by atoms with Crippen molar-refractivity contribution >= 4 is 27.5 Å². The maximum Gasteiger partial charge on any atom is 0.305 e. The monoisotopic (exact) mass is 392 g/mol. The lowest BCUT2D eigenvalue weighted by Gasteiger charge is -2.10. The highest BCUT2D eigenvalue weighted by atomic mass is 16.5. The Morgan fingerprint density at radius 1 is 0.759 bits per heavy atom. The van der Waals surface area contributed by atoms with Gasteiger partial charge in [0.2, 0.25) is 0 Å². The van der Waals surface area contributed by atoms with Gasteiger partial charge in [-0.3, -0.25) is 4.79 Å². The maximum atomic E-state index is 11.3. The number of rotatable bonds is 12. The van der Waals surface area contributed by atoms with E-state index in [1.165, 1.54) is 47.2 Å². The molecule has 0 bridgehead atoms. The van der Waals surface area contributed by atoms with Gasteiger partial charge in [0.05, 0.1) is 13.2 Å². The van der Waals surface area contributed by atoms with Crippen LogP contribution in [0.2, 0.25) is 0 Å². The zero-order valence-electron chi connectivity index (χ0n) is 17.5. The van der Waals surface area contributed by atoms with E-state index in [4.69, 9.17) is 9.47 Å². The fourth-order valence-corrected chi connectivity index (χ4v) is 3.73. The van der Waals surface area contributed by atoms with Crippen molar-refractivity contribution in [3.63, 3.8) is 0 Å². The van der Waals surface area contributed by atoms with Gasteiger partial charge in [0.1, 0.15) is 5.75 Å². The summed E-state index contributed by atoms with van der Waals surface area (Å²) in [6.45, 7) is 3.09. The molecule has 0 atom stereocenters. The Morgan fingerprint density at radius 2 is 1.41 bits per heavy atom. The summed E-state index contributed by atoms with van der Waals surface area (Å²) in [6.07, 6.45) is 8.51. The molecule has 3 rings (SSSR count). The van der Waals surface area contributed by atoms with Crippen molar-refractivity contribution in [1.82, 2.24) is 0 Å². The smallest absolute Gasteiger partial charge is 0.305 e. The van der Waals surface area contributed by atoms with Crippen LogP contribution in [0.3, 0.4) is 0 Å². The number of ether oxygens (including phenoxy) is 2. The van der Waals surface area contributed by atoms with E-state index in [2.05, 4.69) is 54.6 Å². The Hall–Kier alpha value is -2.55. The van der Waals surface area contributed by atoms with E-state index in [0.717, 1.165) is 31.6 Å². The minimum atomic E-state index is -0.0638. The largest absolute Gasteiger partial charge is 0.493 e.